The van der Waals surface area contributed by atoms with Crippen LogP contribution in [0.25, 0.3) is 0 Å². The number of ether oxygens (including phenoxy) is 1. The molecule has 1 saturated heterocycles. The molecule has 1 aliphatic heterocycles. The summed E-state index contributed by atoms with van der Waals surface area (Å²) >= 11 is 0. The lowest BCUT2D eigenvalue weighted by atomic mass is 10.1. The molecule has 3 rings (SSSR count). The Morgan fingerprint density at radius 1 is 1.13 bits per heavy atom. The highest BCUT2D eigenvalue weighted by Crippen LogP contribution is 2.32. The van der Waals surface area contributed by atoms with Crippen molar-refractivity contribution in [3.8, 4) is 0 Å². The molecule has 2 aliphatic rings. The highest BCUT2D eigenvalue weighted by molar-refractivity contribution is 5.81. The van der Waals surface area contributed by atoms with Crippen molar-refractivity contribution in [2.75, 3.05) is 6.54 Å². The van der Waals surface area contributed by atoms with Gasteiger partial charge in [0.15, 0.2) is 0 Å². The zero-order chi connectivity index (χ0) is 16.1. The molecule has 4 heteroatoms. The third kappa shape index (κ3) is 4.11. The maximum atomic E-state index is 12.9. The van der Waals surface area contributed by atoms with E-state index in [-0.39, 0.29) is 24.2 Å². The average molecular weight is 316 g/mol. The van der Waals surface area contributed by atoms with Gasteiger partial charge in [0.2, 0.25) is 0 Å². The lowest BCUT2D eigenvalue weighted by molar-refractivity contribution is -0.147. The standard InChI is InChI=1S/C19H28N2O2/c1-15(23-17-7-4-2-3-5-8-17)19(22)21-14-6-9-18(21)16-10-12-20-13-11-16/h10-13,15,17-18H,2-9,14H2,1H3/t15-,18-/m0/s1. The molecule has 2 heterocycles. The monoisotopic (exact) mass is 316 g/mol. The van der Waals surface area contributed by atoms with E-state index in [1.54, 1.807) is 0 Å². The summed E-state index contributed by atoms with van der Waals surface area (Å²) in [6.07, 6.45) is 12.9. The van der Waals surface area contributed by atoms with Crippen LogP contribution < -0.4 is 0 Å². The van der Waals surface area contributed by atoms with Gasteiger partial charge in [-0.1, -0.05) is 25.7 Å². The van der Waals surface area contributed by atoms with Crippen LogP contribution in [-0.2, 0) is 9.53 Å². The van der Waals surface area contributed by atoms with Crippen molar-refractivity contribution in [3.63, 3.8) is 0 Å². The summed E-state index contributed by atoms with van der Waals surface area (Å²) in [5.41, 5.74) is 1.19. The molecule has 126 valence electrons. The molecule has 0 aromatic carbocycles. The van der Waals surface area contributed by atoms with Crippen LogP contribution in [0.4, 0.5) is 0 Å². The van der Waals surface area contributed by atoms with Gasteiger partial charge in [-0.2, -0.15) is 0 Å². The van der Waals surface area contributed by atoms with Crippen LogP contribution >= 0.6 is 0 Å². The minimum Gasteiger partial charge on any atom is -0.365 e. The molecule has 0 spiro atoms. The fraction of sp³-hybridized carbons (Fsp3) is 0.684. The molecule has 1 saturated carbocycles. The molecule has 2 fully saturated rings. The highest BCUT2D eigenvalue weighted by atomic mass is 16.5. The van der Waals surface area contributed by atoms with Gasteiger partial charge < -0.3 is 9.64 Å². The third-order valence-corrected chi connectivity index (χ3v) is 5.17. The first-order chi connectivity index (χ1) is 11.3. The molecule has 1 aromatic heterocycles. The van der Waals surface area contributed by atoms with E-state index in [9.17, 15) is 4.79 Å². The lowest BCUT2D eigenvalue weighted by Gasteiger charge is -2.29. The van der Waals surface area contributed by atoms with Crippen molar-refractivity contribution >= 4 is 5.91 Å². The molecule has 1 aromatic rings. The maximum Gasteiger partial charge on any atom is 0.251 e. The Morgan fingerprint density at radius 2 is 1.83 bits per heavy atom. The number of likely N-dealkylation sites (tertiary alicyclic amines) is 1. The second-order valence-corrected chi connectivity index (χ2v) is 6.86. The molecule has 0 radical (unpaired) electrons. The van der Waals surface area contributed by atoms with Crippen LogP contribution in [0.2, 0.25) is 0 Å². The first-order valence-corrected chi connectivity index (χ1v) is 9.11. The summed E-state index contributed by atoms with van der Waals surface area (Å²) in [7, 11) is 0. The van der Waals surface area contributed by atoms with Crippen molar-refractivity contribution in [3.05, 3.63) is 30.1 Å². The van der Waals surface area contributed by atoms with Crippen LogP contribution in [-0.4, -0.2) is 34.5 Å². The third-order valence-electron chi connectivity index (χ3n) is 5.17. The number of nitrogens with zero attached hydrogens (tertiary/aromatic N) is 2. The summed E-state index contributed by atoms with van der Waals surface area (Å²) in [5.74, 6) is 0.147. The molecule has 2 atom stereocenters. The summed E-state index contributed by atoms with van der Waals surface area (Å²) in [4.78, 5) is 19.0. The Kier molecular flexibility index (Phi) is 5.65. The van der Waals surface area contributed by atoms with E-state index in [2.05, 4.69) is 4.98 Å². The van der Waals surface area contributed by atoms with Crippen molar-refractivity contribution in [1.82, 2.24) is 9.88 Å². The Bertz CT molecular complexity index is 497. The van der Waals surface area contributed by atoms with Gasteiger partial charge in [-0.15, -0.1) is 0 Å². The predicted octanol–water partition coefficient (Wildman–Crippen LogP) is 3.87. The Morgan fingerprint density at radius 3 is 2.52 bits per heavy atom. The summed E-state index contributed by atoms with van der Waals surface area (Å²) in [5, 5.41) is 0. The number of aromatic nitrogens is 1. The molecule has 1 amide bonds. The van der Waals surface area contributed by atoms with Gasteiger partial charge in [-0.3, -0.25) is 9.78 Å². The van der Waals surface area contributed by atoms with E-state index in [4.69, 9.17) is 4.74 Å². The number of hydrogen-bond donors (Lipinski definition) is 0. The van der Waals surface area contributed by atoms with Gasteiger partial charge in [-0.05, 0) is 50.3 Å². The minimum absolute atomic E-state index is 0.147. The van der Waals surface area contributed by atoms with E-state index >= 15 is 0 Å². The van der Waals surface area contributed by atoms with Crippen LogP contribution in [0.3, 0.4) is 0 Å². The van der Waals surface area contributed by atoms with Crippen LogP contribution in [0.15, 0.2) is 24.5 Å². The fourth-order valence-electron chi connectivity index (χ4n) is 3.92. The van der Waals surface area contributed by atoms with Gasteiger partial charge in [0.05, 0.1) is 12.1 Å². The Hall–Kier alpha value is -1.42. The molecule has 0 N–H and O–H groups in total. The Balaban J connectivity index is 1.61. The van der Waals surface area contributed by atoms with Gasteiger partial charge >= 0.3 is 0 Å². The Labute approximate surface area is 139 Å². The van der Waals surface area contributed by atoms with Crippen molar-refractivity contribution in [2.45, 2.75) is 76.5 Å². The normalized spacial score (nSPS) is 24.4. The molecule has 1 aliphatic carbocycles. The first kappa shape index (κ1) is 16.4. The van der Waals surface area contributed by atoms with Crippen LogP contribution in [0, 0.1) is 0 Å². The van der Waals surface area contributed by atoms with Gasteiger partial charge in [-0.25, -0.2) is 0 Å². The van der Waals surface area contributed by atoms with Crippen molar-refractivity contribution in [2.24, 2.45) is 0 Å². The topological polar surface area (TPSA) is 42.4 Å². The number of carbonyl (C=O) groups excluding carboxylic acids is 1. The van der Waals surface area contributed by atoms with Crippen LogP contribution in [0.1, 0.15) is 69.9 Å². The van der Waals surface area contributed by atoms with Gasteiger partial charge in [0, 0.05) is 18.9 Å². The fourth-order valence-corrected chi connectivity index (χ4v) is 3.92. The van der Waals surface area contributed by atoms with E-state index in [0.29, 0.717) is 0 Å². The van der Waals surface area contributed by atoms with E-state index in [1.807, 2.05) is 36.4 Å². The summed E-state index contributed by atoms with van der Waals surface area (Å²) in [6, 6.07) is 4.23. The molecule has 0 bridgehead atoms. The van der Waals surface area contributed by atoms with Gasteiger partial charge in [0.1, 0.15) is 6.10 Å². The predicted molar refractivity (Wildman–Crippen MR) is 90.0 cm³/mol. The minimum atomic E-state index is -0.333. The molecule has 0 unspecified atom stereocenters. The molecule has 4 nitrogen and oxygen atoms in total. The zero-order valence-electron chi connectivity index (χ0n) is 14.1. The zero-order valence-corrected chi connectivity index (χ0v) is 14.1. The van der Waals surface area contributed by atoms with E-state index < -0.39 is 0 Å². The van der Waals surface area contributed by atoms with Crippen LogP contribution in [0.5, 0.6) is 0 Å². The SMILES string of the molecule is C[C@H](OC1CCCCCC1)C(=O)N1CCC[C@H]1c1ccncc1. The first-order valence-electron chi connectivity index (χ1n) is 9.11. The molecule has 23 heavy (non-hydrogen) atoms. The number of rotatable bonds is 4. The molecular formula is C19H28N2O2. The molecular weight excluding hydrogens is 288 g/mol. The largest absolute Gasteiger partial charge is 0.365 e. The number of hydrogen-bond acceptors (Lipinski definition) is 3. The lowest BCUT2D eigenvalue weighted by Crippen LogP contribution is -2.40. The summed E-state index contributed by atoms with van der Waals surface area (Å²) in [6.45, 7) is 2.76. The van der Waals surface area contributed by atoms with E-state index in [1.165, 1.54) is 31.2 Å². The number of pyridine rings is 1. The summed E-state index contributed by atoms with van der Waals surface area (Å²) < 4.78 is 6.13. The highest BCUT2D eigenvalue weighted by Gasteiger charge is 2.33. The van der Waals surface area contributed by atoms with Crippen molar-refractivity contribution < 1.29 is 9.53 Å². The number of amides is 1. The average Bonchev–Trinajstić information content (AvgIpc) is 2.93. The van der Waals surface area contributed by atoms with Gasteiger partial charge in [0.25, 0.3) is 5.91 Å². The smallest absolute Gasteiger partial charge is 0.251 e. The van der Waals surface area contributed by atoms with Crippen molar-refractivity contribution in [1.29, 1.82) is 0 Å². The van der Waals surface area contributed by atoms with E-state index in [0.717, 1.165) is 32.2 Å². The maximum absolute atomic E-state index is 12.9. The number of carbonyl (C=O) groups is 1. The quantitative estimate of drug-likeness (QED) is 0.792. The second-order valence-electron chi connectivity index (χ2n) is 6.86. The second kappa shape index (κ2) is 7.91.